The van der Waals surface area contributed by atoms with Gasteiger partial charge in [0.15, 0.2) is 0 Å². The molecule has 2 N–H and O–H groups in total. The average molecular weight is 251 g/mol. The first-order valence-electron chi connectivity index (χ1n) is 6.58. The van der Waals surface area contributed by atoms with Crippen molar-refractivity contribution < 1.29 is 0 Å². The number of hydrogen-bond acceptors (Lipinski definition) is 5. The second kappa shape index (κ2) is 7.16. The summed E-state index contributed by atoms with van der Waals surface area (Å²) >= 11 is 0. The van der Waals surface area contributed by atoms with Crippen molar-refractivity contribution in [1.29, 1.82) is 0 Å². The van der Waals surface area contributed by atoms with Crippen LogP contribution >= 0.6 is 0 Å². The largest absolute Gasteiger partial charge is 0.370 e. The number of hydrogen-bond donors (Lipinski definition) is 2. The monoisotopic (exact) mass is 251 g/mol. The lowest BCUT2D eigenvalue weighted by Gasteiger charge is -2.20. The highest BCUT2D eigenvalue weighted by atomic mass is 15.1. The molecule has 0 radical (unpaired) electrons. The molecular weight excluding hydrogens is 226 g/mol. The second-order valence-corrected chi connectivity index (χ2v) is 4.63. The first kappa shape index (κ1) is 14.7. The van der Waals surface area contributed by atoms with Crippen molar-refractivity contribution in [3.8, 4) is 0 Å². The number of aromatic nitrogens is 2. The molecule has 1 heterocycles. The maximum Gasteiger partial charge on any atom is 0.132 e. The van der Waals surface area contributed by atoms with Crippen LogP contribution in [0.15, 0.2) is 6.07 Å². The van der Waals surface area contributed by atoms with Crippen molar-refractivity contribution in [2.24, 2.45) is 0 Å². The summed E-state index contributed by atoms with van der Waals surface area (Å²) in [6.07, 6.45) is 0.844. The fourth-order valence-electron chi connectivity index (χ4n) is 1.45. The van der Waals surface area contributed by atoms with Crippen LogP contribution in [0.5, 0.6) is 0 Å². The van der Waals surface area contributed by atoms with Gasteiger partial charge < -0.3 is 15.5 Å². The van der Waals surface area contributed by atoms with Crippen molar-refractivity contribution >= 4 is 11.6 Å². The molecule has 0 bridgehead atoms. The van der Waals surface area contributed by atoms with E-state index in [0.717, 1.165) is 37.0 Å². The topological polar surface area (TPSA) is 53.1 Å². The third-order valence-electron chi connectivity index (χ3n) is 2.91. The first-order valence-corrected chi connectivity index (χ1v) is 6.58. The van der Waals surface area contributed by atoms with E-state index in [2.05, 4.69) is 60.4 Å². The Morgan fingerprint density at radius 1 is 1.17 bits per heavy atom. The molecule has 1 atom stereocenters. The van der Waals surface area contributed by atoms with Gasteiger partial charge >= 0.3 is 0 Å². The van der Waals surface area contributed by atoms with Gasteiger partial charge in [0.2, 0.25) is 0 Å². The SMILES string of the molecule is CCNc1cc(NCC(C)N(C)C)nc(CC)n1. The van der Waals surface area contributed by atoms with Gasteiger partial charge in [0, 0.05) is 31.6 Å². The lowest BCUT2D eigenvalue weighted by Crippen LogP contribution is -2.31. The normalized spacial score (nSPS) is 12.6. The molecule has 0 saturated heterocycles. The lowest BCUT2D eigenvalue weighted by molar-refractivity contribution is 0.326. The summed E-state index contributed by atoms with van der Waals surface area (Å²) in [7, 11) is 4.15. The Morgan fingerprint density at radius 3 is 2.28 bits per heavy atom. The Kier molecular flexibility index (Phi) is 5.85. The smallest absolute Gasteiger partial charge is 0.132 e. The van der Waals surface area contributed by atoms with E-state index in [1.54, 1.807) is 0 Å². The summed E-state index contributed by atoms with van der Waals surface area (Å²) in [5, 5.41) is 6.60. The molecule has 1 rings (SSSR count). The van der Waals surface area contributed by atoms with E-state index < -0.39 is 0 Å². The van der Waals surface area contributed by atoms with Crippen LogP contribution in [0.4, 0.5) is 11.6 Å². The summed E-state index contributed by atoms with van der Waals surface area (Å²) in [4.78, 5) is 11.1. The number of likely N-dealkylation sites (N-methyl/N-ethyl adjacent to an activating group) is 1. The number of nitrogens with one attached hydrogen (secondary N) is 2. The highest BCUT2D eigenvalue weighted by Crippen LogP contribution is 2.12. The van der Waals surface area contributed by atoms with Gasteiger partial charge in [-0.3, -0.25) is 0 Å². The number of aryl methyl sites for hydroxylation is 1. The van der Waals surface area contributed by atoms with Crippen molar-refractivity contribution in [3.63, 3.8) is 0 Å². The molecule has 0 saturated carbocycles. The third kappa shape index (κ3) is 4.49. The number of rotatable bonds is 7. The zero-order valence-electron chi connectivity index (χ0n) is 12.1. The van der Waals surface area contributed by atoms with Crippen molar-refractivity contribution in [2.45, 2.75) is 33.2 Å². The van der Waals surface area contributed by atoms with Crippen molar-refractivity contribution in [3.05, 3.63) is 11.9 Å². The van der Waals surface area contributed by atoms with Gasteiger partial charge in [-0.25, -0.2) is 9.97 Å². The molecule has 1 aromatic rings. The molecule has 0 fully saturated rings. The van der Waals surface area contributed by atoms with E-state index in [1.807, 2.05) is 6.07 Å². The van der Waals surface area contributed by atoms with E-state index in [-0.39, 0.29) is 0 Å². The summed E-state index contributed by atoms with van der Waals surface area (Å²) in [6.45, 7) is 8.05. The van der Waals surface area contributed by atoms with Crippen molar-refractivity contribution in [1.82, 2.24) is 14.9 Å². The van der Waals surface area contributed by atoms with Crippen LogP contribution in [0, 0.1) is 0 Å². The molecular formula is C13H25N5. The quantitative estimate of drug-likeness (QED) is 0.774. The second-order valence-electron chi connectivity index (χ2n) is 4.63. The fourth-order valence-corrected chi connectivity index (χ4v) is 1.45. The van der Waals surface area contributed by atoms with Crippen LogP contribution in [0.1, 0.15) is 26.6 Å². The predicted octanol–water partition coefficient (Wildman–Crippen LogP) is 1.83. The maximum absolute atomic E-state index is 4.48. The molecule has 0 spiro atoms. The van der Waals surface area contributed by atoms with Gasteiger partial charge in [-0.15, -0.1) is 0 Å². The standard InChI is InChI=1S/C13H25N5/c1-6-11-16-12(14-7-2)8-13(17-11)15-9-10(3)18(4)5/h8,10H,6-7,9H2,1-5H3,(H2,14,15,16,17). The Hall–Kier alpha value is -1.36. The molecule has 0 amide bonds. The summed E-state index contributed by atoms with van der Waals surface area (Å²) in [5.74, 6) is 2.66. The molecule has 0 aliphatic rings. The van der Waals surface area contributed by atoms with Crippen LogP contribution < -0.4 is 10.6 Å². The summed E-state index contributed by atoms with van der Waals surface area (Å²) in [5.41, 5.74) is 0. The Labute approximate surface area is 110 Å². The van der Waals surface area contributed by atoms with Gasteiger partial charge in [0.25, 0.3) is 0 Å². The molecule has 102 valence electrons. The Balaban J connectivity index is 2.71. The molecule has 5 heteroatoms. The van der Waals surface area contributed by atoms with E-state index in [1.165, 1.54) is 0 Å². The molecule has 1 unspecified atom stereocenters. The predicted molar refractivity (Wildman–Crippen MR) is 77.2 cm³/mol. The first-order chi connectivity index (χ1) is 8.56. The van der Waals surface area contributed by atoms with E-state index >= 15 is 0 Å². The van der Waals surface area contributed by atoms with Crippen LogP contribution in [0.2, 0.25) is 0 Å². The molecule has 5 nitrogen and oxygen atoms in total. The van der Waals surface area contributed by atoms with Crippen LogP contribution in [0.25, 0.3) is 0 Å². The highest BCUT2D eigenvalue weighted by Gasteiger charge is 2.06. The number of nitrogens with zero attached hydrogens (tertiary/aromatic N) is 3. The minimum absolute atomic E-state index is 0.465. The van der Waals surface area contributed by atoms with Gasteiger partial charge in [-0.2, -0.15) is 0 Å². The highest BCUT2D eigenvalue weighted by molar-refractivity contribution is 5.47. The Bertz CT molecular complexity index is 364. The van der Waals surface area contributed by atoms with Gasteiger partial charge in [-0.05, 0) is 27.9 Å². The zero-order valence-corrected chi connectivity index (χ0v) is 12.1. The van der Waals surface area contributed by atoms with Crippen LogP contribution in [-0.2, 0) is 6.42 Å². The summed E-state index contributed by atoms with van der Waals surface area (Å²) < 4.78 is 0. The zero-order chi connectivity index (χ0) is 13.5. The third-order valence-corrected chi connectivity index (χ3v) is 2.91. The van der Waals surface area contributed by atoms with Gasteiger partial charge in [0.1, 0.15) is 17.5 Å². The maximum atomic E-state index is 4.48. The Morgan fingerprint density at radius 2 is 1.78 bits per heavy atom. The lowest BCUT2D eigenvalue weighted by atomic mass is 10.3. The van der Waals surface area contributed by atoms with Crippen LogP contribution in [-0.4, -0.2) is 48.1 Å². The van der Waals surface area contributed by atoms with Gasteiger partial charge in [-0.1, -0.05) is 6.92 Å². The number of anilines is 2. The van der Waals surface area contributed by atoms with Gasteiger partial charge in [0.05, 0.1) is 0 Å². The molecule has 18 heavy (non-hydrogen) atoms. The van der Waals surface area contributed by atoms with E-state index in [9.17, 15) is 0 Å². The van der Waals surface area contributed by atoms with E-state index in [0.29, 0.717) is 6.04 Å². The minimum Gasteiger partial charge on any atom is -0.370 e. The fraction of sp³-hybridized carbons (Fsp3) is 0.692. The molecule has 0 aliphatic carbocycles. The molecule has 0 aromatic carbocycles. The molecule has 1 aromatic heterocycles. The van der Waals surface area contributed by atoms with Crippen molar-refractivity contribution in [2.75, 3.05) is 37.8 Å². The minimum atomic E-state index is 0.465. The summed E-state index contributed by atoms with van der Waals surface area (Å²) in [6, 6.07) is 2.43. The van der Waals surface area contributed by atoms with E-state index in [4.69, 9.17) is 0 Å². The molecule has 0 aliphatic heterocycles. The average Bonchev–Trinajstić information content (AvgIpc) is 2.35. The van der Waals surface area contributed by atoms with Crippen LogP contribution in [0.3, 0.4) is 0 Å².